The monoisotopic (exact) mass is 631 g/mol. The molecular formula is C31H53NO12. The zero-order valence-corrected chi connectivity index (χ0v) is 27.4. The number of hydrogen-bond acceptors (Lipinski definition) is 13. The Morgan fingerprint density at radius 3 is 1.05 bits per heavy atom. The normalized spacial score (nSPS) is 9.82. The van der Waals surface area contributed by atoms with Crippen molar-refractivity contribution >= 4 is 23.9 Å². The highest BCUT2D eigenvalue weighted by atomic mass is 16.6. The molecule has 0 amide bonds. The number of nitrogens with zero attached hydrogens (tertiary/aromatic N) is 1. The van der Waals surface area contributed by atoms with Crippen molar-refractivity contribution in [3.05, 3.63) is 48.6 Å². The Morgan fingerprint density at radius 1 is 0.500 bits per heavy atom. The Bertz CT molecular complexity index is 847. The summed E-state index contributed by atoms with van der Waals surface area (Å²) in [5.41, 5.74) is 1.56. The third-order valence-electron chi connectivity index (χ3n) is 4.37. The van der Waals surface area contributed by atoms with Crippen molar-refractivity contribution in [1.29, 1.82) is 0 Å². The first-order chi connectivity index (χ1) is 20.7. The minimum absolute atomic E-state index is 0.0451. The van der Waals surface area contributed by atoms with Crippen molar-refractivity contribution in [2.75, 3.05) is 93.3 Å². The summed E-state index contributed by atoms with van der Waals surface area (Å²) in [6.45, 7) is 24.3. The molecule has 0 bridgehead atoms. The van der Waals surface area contributed by atoms with E-state index in [0.29, 0.717) is 75.0 Å². The van der Waals surface area contributed by atoms with E-state index in [1.807, 2.05) is 19.0 Å². The molecule has 0 aliphatic rings. The predicted octanol–water partition coefficient (Wildman–Crippen LogP) is 2.43. The molecule has 0 unspecified atom stereocenters. The fourth-order valence-corrected chi connectivity index (χ4v) is 1.97. The Kier molecular flexibility index (Phi) is 31.8. The highest BCUT2D eigenvalue weighted by Crippen LogP contribution is 1.94. The van der Waals surface area contributed by atoms with Crippen LogP contribution in [0.1, 0.15) is 34.1 Å². The highest BCUT2D eigenvalue weighted by molar-refractivity contribution is 5.88. The van der Waals surface area contributed by atoms with Crippen molar-refractivity contribution in [2.24, 2.45) is 0 Å². The van der Waals surface area contributed by atoms with E-state index in [9.17, 15) is 19.2 Å². The molecule has 0 aromatic rings. The number of aliphatic hydroxyl groups excluding tert-OH is 1. The van der Waals surface area contributed by atoms with Gasteiger partial charge >= 0.3 is 23.9 Å². The van der Waals surface area contributed by atoms with Gasteiger partial charge in [-0.25, -0.2) is 19.2 Å². The van der Waals surface area contributed by atoms with E-state index in [0.717, 1.165) is 6.54 Å². The molecule has 0 fully saturated rings. The third-order valence-corrected chi connectivity index (χ3v) is 4.37. The molecule has 254 valence electrons. The van der Waals surface area contributed by atoms with E-state index in [4.69, 9.17) is 33.5 Å². The van der Waals surface area contributed by atoms with Gasteiger partial charge in [0.05, 0.1) is 46.2 Å². The van der Waals surface area contributed by atoms with Crippen LogP contribution in [-0.4, -0.2) is 127 Å². The van der Waals surface area contributed by atoms with E-state index in [1.165, 1.54) is 0 Å². The van der Waals surface area contributed by atoms with Gasteiger partial charge in [-0.1, -0.05) is 26.3 Å². The topological polar surface area (TPSA) is 156 Å². The minimum Gasteiger partial charge on any atom is -0.462 e. The quantitative estimate of drug-likeness (QED) is 0.0805. The molecule has 0 rings (SSSR count). The lowest BCUT2D eigenvalue weighted by molar-refractivity contribution is -0.141. The summed E-state index contributed by atoms with van der Waals surface area (Å²) >= 11 is 0. The maximum Gasteiger partial charge on any atom is 0.333 e. The van der Waals surface area contributed by atoms with E-state index < -0.39 is 17.9 Å². The summed E-state index contributed by atoms with van der Waals surface area (Å²) in [6.07, 6.45) is 0.485. The van der Waals surface area contributed by atoms with Gasteiger partial charge in [0.25, 0.3) is 0 Å². The first kappa shape index (κ1) is 45.1. The van der Waals surface area contributed by atoms with Gasteiger partial charge < -0.3 is 43.2 Å². The molecule has 0 spiro atoms. The molecule has 0 atom stereocenters. The second kappa shape index (κ2) is 31.1. The summed E-state index contributed by atoms with van der Waals surface area (Å²) in [6, 6.07) is 0. The Morgan fingerprint density at radius 2 is 0.773 bits per heavy atom. The lowest BCUT2D eigenvalue weighted by Gasteiger charge is -2.09. The first-order valence-corrected chi connectivity index (χ1v) is 14.0. The molecule has 1 N–H and O–H groups in total. The van der Waals surface area contributed by atoms with Gasteiger partial charge in [-0.15, -0.1) is 0 Å². The number of carbonyl (C=O) groups excluding carboxylic acids is 4. The molecule has 0 saturated carbocycles. The van der Waals surface area contributed by atoms with Crippen LogP contribution in [0.5, 0.6) is 0 Å². The molecule has 0 aliphatic carbocycles. The summed E-state index contributed by atoms with van der Waals surface area (Å²) in [5.74, 6) is -1.55. The molecule has 0 heterocycles. The van der Waals surface area contributed by atoms with Gasteiger partial charge in [0, 0.05) is 41.9 Å². The molecule has 0 saturated heterocycles. The average molecular weight is 632 g/mol. The van der Waals surface area contributed by atoms with Crippen molar-refractivity contribution in [3.63, 3.8) is 0 Å². The minimum atomic E-state index is -0.420. The standard InChI is InChI=1S/C16H26O7.C8H15NO2.C7H12O3/c1-13(2)15(17)22-11-9-20-7-5-19-6-8-21-10-12-23-16(18)14(3)4;1-7(2)8(10)11-6-5-9(3)4;1-6(2)7(9)10-5-3-4-8/h1,3,5-12H2,2,4H3;1,5-6H2,2-4H3;8H,1,3-5H2,2H3. The molecular weight excluding hydrogens is 578 g/mol. The largest absolute Gasteiger partial charge is 0.462 e. The molecule has 0 aromatic heterocycles. The first-order valence-electron chi connectivity index (χ1n) is 14.0. The maximum atomic E-state index is 11.0. The summed E-state index contributed by atoms with van der Waals surface area (Å²) in [7, 11) is 3.85. The number of aliphatic hydroxyl groups is 1. The highest BCUT2D eigenvalue weighted by Gasteiger charge is 2.04. The van der Waals surface area contributed by atoms with Crippen molar-refractivity contribution in [2.45, 2.75) is 34.1 Å². The van der Waals surface area contributed by atoms with Crippen molar-refractivity contribution in [1.82, 2.24) is 4.90 Å². The van der Waals surface area contributed by atoms with Crippen LogP contribution in [0.3, 0.4) is 0 Å². The maximum absolute atomic E-state index is 11.0. The van der Waals surface area contributed by atoms with Crippen molar-refractivity contribution < 1.29 is 57.4 Å². The van der Waals surface area contributed by atoms with E-state index >= 15 is 0 Å². The molecule has 0 aromatic carbocycles. The lowest BCUT2D eigenvalue weighted by Crippen LogP contribution is -2.20. The number of esters is 4. The van der Waals surface area contributed by atoms with Crippen molar-refractivity contribution in [3.8, 4) is 0 Å². The molecule has 44 heavy (non-hydrogen) atoms. The summed E-state index contributed by atoms with van der Waals surface area (Å²) < 4.78 is 34.9. The van der Waals surface area contributed by atoms with Crippen LogP contribution in [0.4, 0.5) is 0 Å². The van der Waals surface area contributed by atoms with Crippen LogP contribution in [0.15, 0.2) is 48.6 Å². The number of hydrogen-bond donors (Lipinski definition) is 1. The molecule has 0 aliphatic heterocycles. The fraction of sp³-hybridized carbons (Fsp3) is 0.613. The average Bonchev–Trinajstić information content (AvgIpc) is 2.95. The van der Waals surface area contributed by atoms with Crippen LogP contribution in [0, 0.1) is 0 Å². The fourth-order valence-electron chi connectivity index (χ4n) is 1.97. The zero-order chi connectivity index (χ0) is 34.3. The van der Waals surface area contributed by atoms with E-state index in [-0.39, 0.29) is 32.4 Å². The van der Waals surface area contributed by atoms with Gasteiger partial charge in [0.2, 0.25) is 0 Å². The summed E-state index contributed by atoms with van der Waals surface area (Å²) in [4.78, 5) is 45.4. The zero-order valence-electron chi connectivity index (χ0n) is 27.4. The summed E-state index contributed by atoms with van der Waals surface area (Å²) in [5, 5.41) is 8.30. The number of likely N-dealkylation sites (N-methyl/N-ethyl adjacent to an activating group) is 1. The molecule has 13 heteroatoms. The van der Waals surface area contributed by atoms with Crippen LogP contribution in [-0.2, 0) is 52.3 Å². The molecule has 13 nitrogen and oxygen atoms in total. The van der Waals surface area contributed by atoms with E-state index in [2.05, 4.69) is 31.1 Å². The number of carbonyl (C=O) groups is 4. The SMILES string of the molecule is C=C(C)C(=O)OCCCO.C=C(C)C(=O)OCCN(C)C.C=C(C)C(=O)OCCOCCOCCOCCOC(=O)C(=C)C. The second-order valence-corrected chi connectivity index (χ2v) is 9.38. The van der Waals surface area contributed by atoms with Crippen LogP contribution >= 0.6 is 0 Å². The van der Waals surface area contributed by atoms with Gasteiger partial charge in [-0.2, -0.15) is 0 Å². The van der Waals surface area contributed by atoms with Gasteiger partial charge in [0.15, 0.2) is 0 Å². The van der Waals surface area contributed by atoms with Gasteiger partial charge in [0.1, 0.15) is 19.8 Å². The van der Waals surface area contributed by atoms with Crippen LogP contribution in [0.2, 0.25) is 0 Å². The smallest absolute Gasteiger partial charge is 0.333 e. The Balaban J connectivity index is -0.000000662. The third kappa shape index (κ3) is 34.8. The van der Waals surface area contributed by atoms with Crippen LogP contribution in [0.25, 0.3) is 0 Å². The van der Waals surface area contributed by atoms with Gasteiger partial charge in [-0.05, 0) is 41.8 Å². The predicted molar refractivity (Wildman–Crippen MR) is 166 cm³/mol. The Labute approximate surface area is 262 Å². The van der Waals surface area contributed by atoms with Gasteiger partial charge in [-0.3, -0.25) is 0 Å². The molecule has 0 radical (unpaired) electrons. The second-order valence-electron chi connectivity index (χ2n) is 9.38. The Hall–Kier alpha value is -3.36. The van der Waals surface area contributed by atoms with E-state index in [1.54, 1.807) is 27.7 Å². The van der Waals surface area contributed by atoms with Crippen LogP contribution < -0.4 is 0 Å². The number of rotatable bonds is 22. The lowest BCUT2D eigenvalue weighted by atomic mass is 10.4. The number of ether oxygens (including phenoxy) is 7.